The predicted molar refractivity (Wildman–Crippen MR) is 93.9 cm³/mol. The van der Waals surface area contributed by atoms with Gasteiger partial charge in [0, 0.05) is 19.6 Å². The second-order valence-corrected chi connectivity index (χ2v) is 6.87. The summed E-state index contributed by atoms with van der Waals surface area (Å²) < 4.78 is 5.23. The van der Waals surface area contributed by atoms with Crippen LogP contribution in [-0.4, -0.2) is 44.1 Å². The number of carbonyl (C=O) groups is 1. The first-order valence-electron chi connectivity index (χ1n) is 8.73. The van der Waals surface area contributed by atoms with Crippen LogP contribution in [0.2, 0.25) is 0 Å². The van der Waals surface area contributed by atoms with Gasteiger partial charge in [0.1, 0.15) is 5.75 Å². The van der Waals surface area contributed by atoms with E-state index in [1.807, 2.05) is 18.2 Å². The molecule has 1 aromatic rings. The molecular weight excluding hydrogens is 288 g/mol. The van der Waals surface area contributed by atoms with E-state index in [1.54, 1.807) is 13.2 Å². The number of rotatable bonds is 7. The smallest absolute Gasteiger partial charge is 0.255 e. The van der Waals surface area contributed by atoms with Crippen molar-refractivity contribution in [3.63, 3.8) is 0 Å². The van der Waals surface area contributed by atoms with E-state index in [1.165, 1.54) is 19.5 Å². The molecule has 2 rings (SSSR count). The highest BCUT2D eigenvalue weighted by molar-refractivity contribution is 5.96. The summed E-state index contributed by atoms with van der Waals surface area (Å²) in [7, 11) is 1.59. The van der Waals surface area contributed by atoms with Gasteiger partial charge in [-0.15, -0.1) is 0 Å². The van der Waals surface area contributed by atoms with Gasteiger partial charge in [0.2, 0.25) is 0 Å². The predicted octanol–water partition coefficient (Wildman–Crippen LogP) is 3.18. The maximum atomic E-state index is 12.2. The van der Waals surface area contributed by atoms with Crippen molar-refractivity contribution in [1.29, 1.82) is 0 Å². The molecule has 1 aromatic carbocycles. The zero-order chi connectivity index (χ0) is 16.7. The lowest BCUT2D eigenvalue weighted by atomic mass is 9.92. The number of hydrogen-bond acceptors (Lipinski definition) is 3. The number of unbranched alkanes of at least 4 members (excludes halogenated alkanes) is 1. The molecule has 1 heterocycles. The van der Waals surface area contributed by atoms with Crippen LogP contribution in [0.3, 0.4) is 0 Å². The first kappa shape index (κ1) is 17.8. The molecule has 4 nitrogen and oxygen atoms in total. The Hall–Kier alpha value is -1.55. The Bertz CT molecular complexity index is 494. The third-order valence-electron chi connectivity index (χ3n) is 4.48. The first-order valence-corrected chi connectivity index (χ1v) is 8.73. The molecule has 1 fully saturated rings. The maximum Gasteiger partial charge on any atom is 0.255 e. The van der Waals surface area contributed by atoms with E-state index >= 15 is 0 Å². The highest BCUT2D eigenvalue weighted by Crippen LogP contribution is 2.21. The molecule has 0 saturated carbocycles. The van der Waals surface area contributed by atoms with Crippen LogP contribution in [0.15, 0.2) is 24.3 Å². The average molecular weight is 318 g/mol. The molecule has 0 radical (unpaired) electrons. The van der Waals surface area contributed by atoms with Crippen molar-refractivity contribution < 1.29 is 9.53 Å². The molecule has 4 heteroatoms. The van der Waals surface area contributed by atoms with Crippen molar-refractivity contribution >= 4 is 5.91 Å². The van der Waals surface area contributed by atoms with Gasteiger partial charge in [0.05, 0.1) is 12.7 Å². The average Bonchev–Trinajstić information content (AvgIpc) is 2.53. The van der Waals surface area contributed by atoms with Gasteiger partial charge in [-0.05, 0) is 49.8 Å². The molecule has 1 amide bonds. The van der Waals surface area contributed by atoms with E-state index in [0.717, 1.165) is 37.8 Å². The van der Waals surface area contributed by atoms with Crippen LogP contribution in [0.4, 0.5) is 0 Å². The minimum Gasteiger partial charge on any atom is -0.496 e. The number of piperidine rings is 1. The summed E-state index contributed by atoms with van der Waals surface area (Å²) in [4.78, 5) is 14.7. The topological polar surface area (TPSA) is 41.6 Å². The van der Waals surface area contributed by atoms with Crippen molar-refractivity contribution in [3.8, 4) is 5.75 Å². The molecule has 128 valence electrons. The molecule has 23 heavy (non-hydrogen) atoms. The lowest BCUT2D eigenvalue weighted by Gasteiger charge is -2.34. The second kappa shape index (κ2) is 8.92. The van der Waals surface area contributed by atoms with E-state index in [4.69, 9.17) is 4.74 Å². The number of amides is 1. The van der Waals surface area contributed by atoms with Crippen LogP contribution < -0.4 is 10.1 Å². The molecule has 1 saturated heterocycles. The number of hydrogen-bond donors (Lipinski definition) is 1. The lowest BCUT2D eigenvalue weighted by molar-refractivity contribution is 0.0948. The van der Waals surface area contributed by atoms with Crippen molar-refractivity contribution in [2.75, 3.05) is 33.3 Å². The molecule has 1 aliphatic rings. The molecule has 1 N–H and O–H groups in total. The van der Waals surface area contributed by atoms with Gasteiger partial charge in [0.25, 0.3) is 5.91 Å². The van der Waals surface area contributed by atoms with Gasteiger partial charge in [-0.3, -0.25) is 4.79 Å². The maximum absolute atomic E-state index is 12.2. The second-order valence-electron chi connectivity index (χ2n) is 6.87. The summed E-state index contributed by atoms with van der Waals surface area (Å²) in [6.07, 6.45) is 3.50. The fraction of sp³-hybridized carbons (Fsp3) is 0.632. The Morgan fingerprint density at radius 3 is 2.61 bits per heavy atom. The minimum atomic E-state index is -0.0531. The normalized spacial score (nSPS) is 21.9. The van der Waals surface area contributed by atoms with Crippen LogP contribution in [0.5, 0.6) is 5.75 Å². The number of para-hydroxylation sites is 1. The van der Waals surface area contributed by atoms with Crippen molar-refractivity contribution in [3.05, 3.63) is 29.8 Å². The zero-order valence-corrected chi connectivity index (χ0v) is 14.7. The van der Waals surface area contributed by atoms with Gasteiger partial charge >= 0.3 is 0 Å². The largest absolute Gasteiger partial charge is 0.496 e. The van der Waals surface area contributed by atoms with Gasteiger partial charge < -0.3 is 15.0 Å². The van der Waals surface area contributed by atoms with Gasteiger partial charge in [0.15, 0.2) is 0 Å². The third-order valence-corrected chi connectivity index (χ3v) is 4.48. The molecule has 0 unspecified atom stereocenters. The van der Waals surface area contributed by atoms with Crippen LogP contribution in [0.25, 0.3) is 0 Å². The van der Waals surface area contributed by atoms with Crippen LogP contribution in [-0.2, 0) is 0 Å². The fourth-order valence-corrected chi connectivity index (χ4v) is 3.56. The van der Waals surface area contributed by atoms with E-state index in [0.29, 0.717) is 11.3 Å². The van der Waals surface area contributed by atoms with Gasteiger partial charge in [-0.1, -0.05) is 26.0 Å². The first-order chi connectivity index (χ1) is 11.1. The number of nitrogens with zero attached hydrogens (tertiary/aromatic N) is 1. The number of ether oxygens (including phenoxy) is 1. The van der Waals surface area contributed by atoms with Crippen LogP contribution in [0, 0.1) is 11.8 Å². The van der Waals surface area contributed by atoms with E-state index in [-0.39, 0.29) is 5.91 Å². The summed E-state index contributed by atoms with van der Waals surface area (Å²) >= 11 is 0. The Morgan fingerprint density at radius 1 is 1.22 bits per heavy atom. The fourth-order valence-electron chi connectivity index (χ4n) is 3.56. The quantitative estimate of drug-likeness (QED) is 0.785. The standard InChI is InChI=1S/C19H30N2O2/c1-15-12-16(2)14-21(13-15)11-7-6-10-20-19(22)17-8-4-5-9-18(17)23-3/h4-5,8-9,15-16H,6-7,10-14H2,1-3H3,(H,20,22)/t15-,16-/m0/s1. The Balaban J connectivity index is 1.66. The third kappa shape index (κ3) is 5.54. The van der Waals surface area contributed by atoms with E-state index in [9.17, 15) is 4.79 Å². The molecule has 0 aliphatic carbocycles. The summed E-state index contributed by atoms with van der Waals surface area (Å²) in [6.45, 7) is 8.98. The van der Waals surface area contributed by atoms with Gasteiger partial charge in [-0.2, -0.15) is 0 Å². The molecule has 0 bridgehead atoms. The highest BCUT2D eigenvalue weighted by Gasteiger charge is 2.21. The lowest BCUT2D eigenvalue weighted by Crippen LogP contribution is -2.39. The summed E-state index contributed by atoms with van der Waals surface area (Å²) in [5.41, 5.74) is 0.605. The Morgan fingerprint density at radius 2 is 1.91 bits per heavy atom. The van der Waals surface area contributed by atoms with Crippen molar-refractivity contribution in [1.82, 2.24) is 10.2 Å². The Labute approximate surface area is 140 Å². The highest BCUT2D eigenvalue weighted by atomic mass is 16.5. The van der Waals surface area contributed by atoms with Gasteiger partial charge in [-0.25, -0.2) is 0 Å². The van der Waals surface area contributed by atoms with Crippen LogP contribution in [0.1, 0.15) is 43.5 Å². The summed E-state index contributed by atoms with van der Waals surface area (Å²) in [5, 5.41) is 2.99. The monoisotopic (exact) mass is 318 g/mol. The van der Waals surface area contributed by atoms with E-state index < -0.39 is 0 Å². The van der Waals surface area contributed by atoms with Crippen molar-refractivity contribution in [2.45, 2.75) is 33.1 Å². The minimum absolute atomic E-state index is 0.0531. The number of methoxy groups -OCH3 is 1. The number of benzene rings is 1. The van der Waals surface area contributed by atoms with E-state index in [2.05, 4.69) is 24.1 Å². The Kier molecular flexibility index (Phi) is 6.90. The zero-order valence-electron chi connectivity index (χ0n) is 14.7. The van der Waals surface area contributed by atoms with Crippen LogP contribution >= 0.6 is 0 Å². The number of carbonyl (C=O) groups excluding carboxylic acids is 1. The molecule has 1 aliphatic heterocycles. The molecular formula is C19H30N2O2. The molecule has 0 aromatic heterocycles. The molecule has 0 spiro atoms. The number of nitrogens with one attached hydrogen (secondary N) is 1. The SMILES string of the molecule is COc1ccccc1C(=O)NCCCCN1C[C@@H](C)C[C@H](C)C1. The summed E-state index contributed by atoms with van der Waals surface area (Å²) in [6, 6.07) is 7.34. The van der Waals surface area contributed by atoms with Crippen molar-refractivity contribution in [2.24, 2.45) is 11.8 Å². The number of likely N-dealkylation sites (tertiary alicyclic amines) is 1. The molecule has 2 atom stereocenters. The summed E-state index contributed by atoms with van der Waals surface area (Å²) in [5.74, 6) is 2.19.